The van der Waals surface area contributed by atoms with Gasteiger partial charge in [-0.2, -0.15) is 0 Å². The van der Waals surface area contributed by atoms with Crippen LogP contribution in [0.2, 0.25) is 0 Å². The van der Waals surface area contributed by atoms with Crippen LogP contribution >= 0.6 is 0 Å². The number of rotatable bonds is 4. The van der Waals surface area contributed by atoms with Crippen molar-refractivity contribution >= 4 is 27.6 Å². The molecule has 3 aromatic rings. The molecule has 1 heterocycles. The number of ether oxygens (including phenoxy) is 1. The third-order valence-corrected chi connectivity index (χ3v) is 3.95. The van der Waals surface area contributed by atoms with Gasteiger partial charge in [-0.25, -0.2) is 4.79 Å². The first kappa shape index (κ1) is 15.8. The first-order chi connectivity index (χ1) is 11.5. The van der Waals surface area contributed by atoms with Crippen molar-refractivity contribution in [3.05, 3.63) is 65.0 Å². The van der Waals surface area contributed by atoms with Crippen LogP contribution < -0.4 is 10.4 Å². The second kappa shape index (κ2) is 6.20. The predicted octanol–water partition coefficient (Wildman–Crippen LogP) is 3.10. The van der Waals surface area contributed by atoms with Gasteiger partial charge in [-0.1, -0.05) is 12.6 Å². The third kappa shape index (κ3) is 2.88. The molecule has 0 aliphatic rings. The molecule has 0 atom stereocenters. The number of hydrogen-bond donors (Lipinski definition) is 0. The molecular formula is C19H17NO4. The highest BCUT2D eigenvalue weighted by atomic mass is 16.5. The van der Waals surface area contributed by atoms with Crippen molar-refractivity contribution in [3.63, 3.8) is 0 Å². The van der Waals surface area contributed by atoms with E-state index in [1.165, 1.54) is 17.0 Å². The fourth-order valence-electron chi connectivity index (χ4n) is 2.70. The molecule has 0 fully saturated rings. The lowest BCUT2D eigenvalue weighted by Crippen LogP contribution is -2.24. The average Bonchev–Trinajstić information content (AvgIpc) is 2.58. The zero-order valence-electron chi connectivity index (χ0n) is 13.5. The molecule has 0 aliphatic heterocycles. The van der Waals surface area contributed by atoms with Crippen molar-refractivity contribution in [1.82, 2.24) is 4.90 Å². The van der Waals surface area contributed by atoms with Crippen molar-refractivity contribution in [3.8, 4) is 5.75 Å². The molecule has 3 rings (SSSR count). The molecule has 0 aliphatic carbocycles. The van der Waals surface area contributed by atoms with Gasteiger partial charge in [0.1, 0.15) is 11.3 Å². The molecule has 1 aromatic heterocycles. The van der Waals surface area contributed by atoms with Crippen LogP contribution in [0.5, 0.6) is 5.75 Å². The van der Waals surface area contributed by atoms with Crippen LogP contribution in [0, 0.1) is 0 Å². The number of amides is 1. The second-order valence-corrected chi connectivity index (χ2v) is 5.55. The van der Waals surface area contributed by atoms with Crippen LogP contribution in [-0.2, 0) is 11.3 Å². The van der Waals surface area contributed by atoms with Crippen LogP contribution in [0.1, 0.15) is 5.56 Å². The summed E-state index contributed by atoms with van der Waals surface area (Å²) in [5.74, 6) is 0.526. The minimum atomic E-state index is -0.445. The van der Waals surface area contributed by atoms with Gasteiger partial charge in [0.15, 0.2) is 0 Å². The number of hydrogen-bond acceptors (Lipinski definition) is 4. The minimum absolute atomic E-state index is 0.207. The highest BCUT2D eigenvalue weighted by Crippen LogP contribution is 2.27. The Hall–Kier alpha value is -3.08. The van der Waals surface area contributed by atoms with E-state index >= 15 is 0 Å². The molecular weight excluding hydrogens is 306 g/mol. The molecule has 0 N–H and O–H groups in total. The number of nitrogens with zero attached hydrogens (tertiary/aromatic N) is 1. The lowest BCUT2D eigenvalue weighted by Gasteiger charge is -2.16. The molecule has 0 bridgehead atoms. The van der Waals surface area contributed by atoms with E-state index in [0.29, 0.717) is 12.1 Å². The van der Waals surface area contributed by atoms with Gasteiger partial charge in [0.2, 0.25) is 5.91 Å². The number of benzene rings is 2. The Bertz CT molecular complexity index is 1000. The van der Waals surface area contributed by atoms with Crippen molar-refractivity contribution < 1.29 is 13.9 Å². The summed E-state index contributed by atoms with van der Waals surface area (Å²) in [7, 11) is 3.27. The maximum absolute atomic E-state index is 11.9. The Morgan fingerprint density at radius 2 is 2.04 bits per heavy atom. The maximum atomic E-state index is 11.9. The third-order valence-electron chi connectivity index (χ3n) is 3.95. The SMILES string of the molecule is C=CC(=O)N(C)Cc1cc(=O)oc2cc3cc(OC)ccc3cc12. The van der Waals surface area contributed by atoms with Gasteiger partial charge in [0, 0.05) is 25.0 Å². The predicted molar refractivity (Wildman–Crippen MR) is 93.2 cm³/mol. The Kier molecular flexibility index (Phi) is 4.08. The maximum Gasteiger partial charge on any atom is 0.336 e. The molecule has 0 radical (unpaired) electrons. The summed E-state index contributed by atoms with van der Waals surface area (Å²) < 4.78 is 10.6. The smallest absolute Gasteiger partial charge is 0.336 e. The molecule has 1 amide bonds. The molecule has 0 spiro atoms. The van der Waals surface area contributed by atoms with Crippen molar-refractivity contribution in [1.29, 1.82) is 0 Å². The Morgan fingerprint density at radius 3 is 2.75 bits per heavy atom. The van der Waals surface area contributed by atoms with Crippen LogP contribution in [0.4, 0.5) is 0 Å². The van der Waals surface area contributed by atoms with E-state index in [0.717, 1.165) is 27.5 Å². The van der Waals surface area contributed by atoms with Crippen molar-refractivity contribution in [2.45, 2.75) is 6.54 Å². The topological polar surface area (TPSA) is 59.8 Å². The van der Waals surface area contributed by atoms with E-state index in [-0.39, 0.29) is 5.91 Å². The zero-order valence-corrected chi connectivity index (χ0v) is 13.5. The summed E-state index contributed by atoms with van der Waals surface area (Å²) in [5, 5.41) is 2.71. The number of likely N-dealkylation sites (N-methyl/N-ethyl adjacent to an activating group) is 1. The van der Waals surface area contributed by atoms with Gasteiger partial charge < -0.3 is 14.1 Å². The molecule has 24 heavy (non-hydrogen) atoms. The Labute approximate surface area is 138 Å². The normalized spacial score (nSPS) is 10.8. The molecule has 0 saturated heterocycles. The highest BCUT2D eigenvalue weighted by molar-refractivity contribution is 5.97. The first-order valence-electron chi connectivity index (χ1n) is 7.44. The Morgan fingerprint density at radius 1 is 1.25 bits per heavy atom. The summed E-state index contributed by atoms with van der Waals surface area (Å²) in [4.78, 5) is 25.1. The lowest BCUT2D eigenvalue weighted by atomic mass is 10.0. The van der Waals surface area contributed by atoms with Crippen LogP contribution in [0.25, 0.3) is 21.7 Å². The largest absolute Gasteiger partial charge is 0.497 e. The van der Waals surface area contributed by atoms with E-state index in [9.17, 15) is 9.59 Å². The standard InChI is InChI=1S/C19H17NO4/c1-4-18(21)20(2)11-14-10-19(22)24-17-9-13-7-15(23-3)6-5-12(13)8-16(14)17/h4-10H,1,11H2,2-3H3. The van der Waals surface area contributed by atoms with Crippen molar-refractivity contribution in [2.24, 2.45) is 0 Å². The van der Waals surface area contributed by atoms with Gasteiger partial charge in [0.05, 0.1) is 7.11 Å². The quantitative estimate of drug-likeness (QED) is 0.420. The summed E-state index contributed by atoms with van der Waals surface area (Å²) in [6.45, 7) is 3.78. The van der Waals surface area contributed by atoms with Crippen LogP contribution in [0.15, 0.2) is 58.3 Å². The second-order valence-electron chi connectivity index (χ2n) is 5.55. The van der Waals surface area contributed by atoms with E-state index in [4.69, 9.17) is 9.15 Å². The molecule has 5 nitrogen and oxygen atoms in total. The van der Waals surface area contributed by atoms with Gasteiger partial charge in [0.25, 0.3) is 0 Å². The average molecular weight is 323 g/mol. The summed E-state index contributed by atoms with van der Waals surface area (Å²) in [5.41, 5.74) is 0.772. The molecule has 5 heteroatoms. The molecule has 0 saturated carbocycles. The number of carbonyl (C=O) groups is 1. The zero-order chi connectivity index (χ0) is 17.3. The number of carbonyl (C=O) groups excluding carboxylic acids is 1. The van der Waals surface area contributed by atoms with Crippen LogP contribution in [-0.4, -0.2) is 25.0 Å². The van der Waals surface area contributed by atoms with E-state index in [2.05, 4.69) is 6.58 Å². The summed E-state index contributed by atoms with van der Waals surface area (Å²) in [6, 6.07) is 10.9. The Balaban J connectivity index is 2.19. The summed E-state index contributed by atoms with van der Waals surface area (Å²) >= 11 is 0. The minimum Gasteiger partial charge on any atom is -0.497 e. The number of methoxy groups -OCH3 is 1. The molecule has 0 unspecified atom stereocenters. The van der Waals surface area contributed by atoms with Gasteiger partial charge in [-0.15, -0.1) is 0 Å². The monoisotopic (exact) mass is 323 g/mol. The van der Waals surface area contributed by atoms with Gasteiger partial charge in [-0.3, -0.25) is 4.79 Å². The number of fused-ring (bicyclic) bond motifs is 2. The van der Waals surface area contributed by atoms with E-state index in [1.54, 1.807) is 14.2 Å². The fourth-order valence-corrected chi connectivity index (χ4v) is 2.70. The summed E-state index contributed by atoms with van der Waals surface area (Å²) in [6.07, 6.45) is 1.25. The highest BCUT2D eigenvalue weighted by Gasteiger charge is 2.12. The molecule has 2 aromatic carbocycles. The fraction of sp³-hybridized carbons (Fsp3) is 0.158. The van der Waals surface area contributed by atoms with E-state index in [1.807, 2.05) is 30.3 Å². The molecule has 122 valence electrons. The lowest BCUT2D eigenvalue weighted by molar-refractivity contribution is -0.125. The van der Waals surface area contributed by atoms with E-state index < -0.39 is 5.63 Å². The van der Waals surface area contributed by atoms with Crippen molar-refractivity contribution in [2.75, 3.05) is 14.2 Å². The first-order valence-corrected chi connectivity index (χ1v) is 7.44. The van der Waals surface area contributed by atoms with Gasteiger partial charge in [-0.05, 0) is 46.7 Å². The van der Waals surface area contributed by atoms with Crippen LogP contribution in [0.3, 0.4) is 0 Å². The van der Waals surface area contributed by atoms with Gasteiger partial charge >= 0.3 is 5.63 Å².